The molecule has 0 aromatic carbocycles. The molecule has 2 aliphatic heterocycles. The molecule has 0 N–H and O–H groups in total. The van der Waals surface area contributed by atoms with Crippen LogP contribution in [0.4, 0.5) is 0 Å². The second-order valence-electron chi connectivity index (χ2n) is 6.50. The van der Waals surface area contributed by atoms with E-state index in [1.165, 1.54) is 0 Å². The number of amidine groups is 2. The van der Waals surface area contributed by atoms with Crippen LogP contribution in [0.25, 0.3) is 0 Å². The first-order valence-electron chi connectivity index (χ1n) is 8.92. The molecular weight excluding hydrogens is 512 g/mol. The smallest absolute Gasteiger partial charge is 1.00 e. The summed E-state index contributed by atoms with van der Waals surface area (Å²) in [5.74, 6) is 2.74. The Kier molecular flexibility index (Phi) is 10.1. The quantitative estimate of drug-likeness (QED) is 0.390. The summed E-state index contributed by atoms with van der Waals surface area (Å²) in [4.78, 5) is 23.3. The average molecular weight is 529 g/mol. The Balaban J connectivity index is 0.00000128. The minimum absolute atomic E-state index is 0. The zero-order valence-corrected chi connectivity index (χ0v) is 20.6. The molecule has 0 fully saturated rings. The summed E-state index contributed by atoms with van der Waals surface area (Å²) in [5, 5.41) is 0. The van der Waals surface area contributed by atoms with E-state index >= 15 is 0 Å². The number of nitrogens with zero attached hydrogens (tertiary/aromatic N) is 5. The van der Waals surface area contributed by atoms with Crippen LogP contribution in [0.3, 0.4) is 0 Å². The molecule has 5 rings (SSSR count). The van der Waals surface area contributed by atoms with Gasteiger partial charge in [0, 0.05) is 12.2 Å². The molecule has 164 valence electrons. The maximum absolute atomic E-state index is 5.27. The van der Waals surface area contributed by atoms with Crippen molar-refractivity contribution in [3.8, 4) is 0 Å². The summed E-state index contributed by atoms with van der Waals surface area (Å²) in [6.07, 6.45) is 11.5. The summed E-state index contributed by atoms with van der Waals surface area (Å²) >= 11 is 0. The van der Waals surface area contributed by atoms with E-state index in [1.807, 2.05) is 54.7 Å². The van der Waals surface area contributed by atoms with Gasteiger partial charge in [-0.3, -0.25) is 9.98 Å². The van der Waals surface area contributed by atoms with Gasteiger partial charge in [0.25, 0.3) is 0 Å². The number of aliphatic imine (C=N–C) groups is 4. The van der Waals surface area contributed by atoms with Crippen molar-refractivity contribution in [1.29, 1.82) is 0 Å². The van der Waals surface area contributed by atoms with Gasteiger partial charge >= 0.3 is 18.6 Å². The Morgan fingerprint density at radius 3 is 1.56 bits per heavy atom. The minimum atomic E-state index is -0.0889. The Labute approximate surface area is 216 Å². The van der Waals surface area contributed by atoms with E-state index in [0.717, 1.165) is 22.9 Å². The van der Waals surface area contributed by atoms with Crippen molar-refractivity contribution in [1.82, 2.24) is 4.98 Å². The van der Waals surface area contributed by atoms with Crippen LogP contribution in [0.15, 0.2) is 86.1 Å². The molecule has 4 aliphatic rings. The Bertz CT molecular complexity index is 1040. The Hall–Kier alpha value is -2.16. The predicted molar refractivity (Wildman–Crippen MR) is 108 cm³/mol. The van der Waals surface area contributed by atoms with E-state index in [4.69, 9.17) is 14.5 Å². The van der Waals surface area contributed by atoms with E-state index < -0.39 is 0 Å². The van der Waals surface area contributed by atoms with E-state index in [0.29, 0.717) is 23.1 Å². The summed E-state index contributed by atoms with van der Waals surface area (Å²) in [6.45, 7) is 0. The number of allylic oxidation sites excluding steroid dienone is 2. The van der Waals surface area contributed by atoms with Crippen molar-refractivity contribution in [2.45, 2.75) is 12.1 Å². The fourth-order valence-electron chi connectivity index (χ4n) is 3.29. The molecule has 0 radical (unpaired) electrons. The molecule has 0 amide bonds. The summed E-state index contributed by atoms with van der Waals surface area (Å²) in [6, 6.07) is 5.54. The molecule has 2 atom stereocenters. The van der Waals surface area contributed by atoms with Gasteiger partial charge in [-0.05, 0) is 24.3 Å². The molecule has 7 nitrogen and oxygen atoms in total. The van der Waals surface area contributed by atoms with Gasteiger partial charge in [0.15, 0.2) is 11.7 Å². The number of halogens is 3. The van der Waals surface area contributed by atoms with Crippen molar-refractivity contribution in [3.63, 3.8) is 0 Å². The fourth-order valence-corrected chi connectivity index (χ4v) is 3.29. The van der Waals surface area contributed by atoms with Crippen LogP contribution in [0.1, 0.15) is 11.4 Å². The third-order valence-electron chi connectivity index (χ3n) is 4.74. The van der Waals surface area contributed by atoms with Gasteiger partial charge < -0.3 is 46.7 Å². The number of ether oxygens (including phenoxy) is 2. The molecular formula is C21H17Cl3N5O2V. The molecule has 1 aromatic rings. The van der Waals surface area contributed by atoms with Crippen LogP contribution < -0.4 is 37.2 Å². The molecule has 32 heavy (non-hydrogen) atoms. The first-order chi connectivity index (χ1) is 13.7. The number of methoxy groups -OCH3 is 2. The second kappa shape index (κ2) is 11.6. The maximum Gasteiger partial charge on any atom is 3.00 e. The molecule has 2 unspecified atom stereocenters. The van der Waals surface area contributed by atoms with Crippen LogP contribution in [0.5, 0.6) is 0 Å². The molecule has 1 aromatic heterocycles. The van der Waals surface area contributed by atoms with Gasteiger partial charge in [0.1, 0.15) is 35.0 Å². The molecule has 3 heterocycles. The predicted octanol–water partition coefficient (Wildman–Crippen LogP) is -6.57. The Morgan fingerprint density at radius 2 is 1.16 bits per heavy atom. The average Bonchev–Trinajstić information content (AvgIpc) is 3.36. The van der Waals surface area contributed by atoms with E-state index in [1.54, 1.807) is 14.2 Å². The number of aromatic nitrogens is 1. The van der Waals surface area contributed by atoms with Gasteiger partial charge in [-0.25, -0.2) is 15.0 Å². The zero-order valence-electron chi connectivity index (χ0n) is 17.0. The molecule has 0 bridgehead atoms. The summed E-state index contributed by atoms with van der Waals surface area (Å²) in [5.41, 5.74) is 3.10. The molecule has 0 saturated carbocycles. The largest absolute Gasteiger partial charge is 3.00 e. The molecule has 11 heteroatoms. The van der Waals surface area contributed by atoms with Gasteiger partial charge in [0.2, 0.25) is 0 Å². The van der Waals surface area contributed by atoms with Crippen molar-refractivity contribution in [2.75, 3.05) is 14.2 Å². The minimum Gasteiger partial charge on any atom is -1.00 e. The van der Waals surface area contributed by atoms with E-state index in [2.05, 4.69) is 20.0 Å². The molecule has 0 spiro atoms. The van der Waals surface area contributed by atoms with Crippen molar-refractivity contribution in [2.24, 2.45) is 20.0 Å². The van der Waals surface area contributed by atoms with Crippen LogP contribution in [-0.4, -0.2) is 54.4 Å². The number of pyridine rings is 1. The second-order valence-corrected chi connectivity index (χ2v) is 6.50. The van der Waals surface area contributed by atoms with Crippen molar-refractivity contribution in [3.05, 3.63) is 77.6 Å². The third-order valence-corrected chi connectivity index (χ3v) is 4.74. The third kappa shape index (κ3) is 5.25. The standard InChI is InChI=1S/C21H17N5O2.3ClH.V/c1-27-12-6-8-14-18(10-12)25-20(23-14)16-4-3-5-17(22-16)21-24-15-9-7-13(28-2)11-19(15)26-21;;;;/h3-11,14-15H,1-2H3;3*1H;/q;;;;+3/p-3. The molecule has 0 saturated heterocycles. The number of hydrogen-bond donors (Lipinski definition) is 0. The maximum atomic E-state index is 5.27. The van der Waals surface area contributed by atoms with E-state index in [-0.39, 0.29) is 67.9 Å². The first-order valence-corrected chi connectivity index (χ1v) is 8.92. The van der Waals surface area contributed by atoms with E-state index in [9.17, 15) is 0 Å². The van der Waals surface area contributed by atoms with Crippen molar-refractivity contribution >= 4 is 23.1 Å². The number of rotatable bonds is 4. The zero-order chi connectivity index (χ0) is 19.1. The summed E-state index contributed by atoms with van der Waals surface area (Å²) in [7, 11) is 3.28. The Morgan fingerprint density at radius 1 is 0.719 bits per heavy atom. The monoisotopic (exact) mass is 527 g/mol. The SMILES string of the molecule is COC1=CC2=NC(c3cccc(C4=NC5C=CC(OC)=CC5=N4)n3)=NC2C=C1.[Cl-].[Cl-].[Cl-].[V+3]. The fraction of sp³-hybridized carbons (Fsp3) is 0.190. The number of hydrogen-bond acceptors (Lipinski definition) is 7. The normalized spacial score (nSPS) is 21.3. The van der Waals surface area contributed by atoms with Gasteiger partial charge in [-0.1, -0.05) is 18.2 Å². The van der Waals surface area contributed by atoms with Gasteiger partial charge in [-0.2, -0.15) is 0 Å². The van der Waals surface area contributed by atoms with Gasteiger partial charge in [0.05, 0.1) is 25.6 Å². The van der Waals surface area contributed by atoms with Gasteiger partial charge in [-0.15, -0.1) is 0 Å². The summed E-state index contributed by atoms with van der Waals surface area (Å²) < 4.78 is 10.5. The molecule has 2 aliphatic carbocycles. The van der Waals surface area contributed by atoms with Crippen LogP contribution in [0.2, 0.25) is 0 Å². The van der Waals surface area contributed by atoms with Crippen LogP contribution in [-0.2, 0) is 28.0 Å². The topological polar surface area (TPSA) is 80.8 Å². The first kappa shape index (κ1) is 27.9. The number of fused-ring (bicyclic) bond motifs is 2. The van der Waals surface area contributed by atoms with Crippen LogP contribution >= 0.6 is 0 Å². The van der Waals surface area contributed by atoms with Crippen LogP contribution in [0, 0.1) is 0 Å². The van der Waals surface area contributed by atoms with Crippen molar-refractivity contribution < 1.29 is 65.3 Å².